The fraction of sp³-hybridized carbons (Fsp3) is 0. The summed E-state index contributed by atoms with van der Waals surface area (Å²) in [7, 11) is 0. The van der Waals surface area contributed by atoms with Gasteiger partial charge in [0.25, 0.3) is 0 Å². The smallest absolute Gasteiger partial charge is 0.136 e. The van der Waals surface area contributed by atoms with Crippen molar-refractivity contribution in [3.8, 4) is 77.9 Å². The maximum Gasteiger partial charge on any atom is 0.136 e. The lowest BCUT2D eigenvalue weighted by Crippen LogP contribution is -2.11. The highest BCUT2D eigenvalue weighted by Crippen LogP contribution is 2.49. The summed E-state index contributed by atoms with van der Waals surface area (Å²) in [4.78, 5) is 7.02. The van der Waals surface area contributed by atoms with Crippen molar-refractivity contribution in [2.45, 2.75) is 0 Å². The lowest BCUT2D eigenvalue weighted by molar-refractivity contribution is 0.669. The van der Waals surface area contributed by atoms with Gasteiger partial charge in [0.15, 0.2) is 0 Å². The summed E-state index contributed by atoms with van der Waals surface area (Å²) in [6, 6.07) is 197. The van der Waals surface area contributed by atoms with Crippen LogP contribution in [-0.4, -0.2) is 0 Å². The van der Waals surface area contributed by atoms with Crippen LogP contribution in [0.3, 0.4) is 0 Å². The fourth-order valence-corrected chi connectivity index (χ4v) is 21.4. The molecule has 0 bridgehead atoms. The number of hydrogen-bond donors (Lipinski definition) is 0. The summed E-state index contributed by atoms with van der Waals surface area (Å²) in [5.74, 6) is 0. The minimum absolute atomic E-state index is 0.920. The quantitative estimate of drug-likeness (QED) is 0.0899. The average molecular weight is 1840 g/mol. The van der Waals surface area contributed by atoms with E-state index in [0.29, 0.717) is 0 Å². The van der Waals surface area contributed by atoms with Gasteiger partial charge in [-0.25, -0.2) is 0 Å². The highest BCUT2D eigenvalue weighted by molar-refractivity contribution is 6.30. The predicted octanol–water partition coefficient (Wildman–Crippen LogP) is 39.8. The van der Waals surface area contributed by atoms with E-state index in [1.165, 1.54) is 153 Å². The monoisotopic (exact) mass is 1840 g/mol. The van der Waals surface area contributed by atoms with Gasteiger partial charge in [-0.3, -0.25) is 0 Å². The summed E-state index contributed by atoms with van der Waals surface area (Å²) in [5, 5.41) is 21.8. The minimum Gasteiger partial charge on any atom is -0.456 e. The highest BCUT2D eigenvalue weighted by atomic mass is 16.3. The van der Waals surface area contributed by atoms with Gasteiger partial charge in [0.05, 0.1) is 5.69 Å². The van der Waals surface area contributed by atoms with Crippen LogP contribution < -0.4 is 14.7 Å². The van der Waals surface area contributed by atoms with E-state index in [-0.39, 0.29) is 0 Å². The van der Waals surface area contributed by atoms with Crippen molar-refractivity contribution in [2.75, 3.05) is 14.7 Å². The van der Waals surface area contributed by atoms with Gasteiger partial charge in [0.2, 0.25) is 0 Å². The summed E-state index contributed by atoms with van der Waals surface area (Å²) < 4.78 is 18.7. The van der Waals surface area contributed by atoms with E-state index in [9.17, 15) is 0 Å². The van der Waals surface area contributed by atoms with Gasteiger partial charge in [-0.2, -0.15) is 0 Å². The van der Waals surface area contributed by atoms with E-state index in [1.54, 1.807) is 0 Å². The van der Waals surface area contributed by atoms with Crippen LogP contribution >= 0.6 is 0 Å². The second kappa shape index (κ2) is 37.0. The molecule has 0 saturated heterocycles. The van der Waals surface area contributed by atoms with E-state index >= 15 is 0 Å². The van der Waals surface area contributed by atoms with Crippen molar-refractivity contribution in [1.82, 2.24) is 0 Å². The number of para-hydroxylation sites is 6. The molecule has 0 radical (unpaired) electrons. The zero-order valence-corrected chi connectivity index (χ0v) is 78.6. The molecule has 0 unspecified atom stereocenters. The molecule has 0 aliphatic carbocycles. The Morgan fingerprint density at radius 1 is 0.118 bits per heavy atom. The first-order valence-electron chi connectivity index (χ1n) is 49.1. The Morgan fingerprint density at radius 3 is 0.722 bits per heavy atom. The fourth-order valence-electron chi connectivity index (χ4n) is 21.4. The lowest BCUT2D eigenvalue weighted by Gasteiger charge is -2.28. The molecular weight excluding hydrogens is 1750 g/mol. The van der Waals surface area contributed by atoms with E-state index in [0.717, 1.165) is 106 Å². The molecule has 0 amide bonds. The van der Waals surface area contributed by atoms with Gasteiger partial charge < -0.3 is 28.0 Å². The standard InChI is InChI=1S/C50H33NO.2C44H29NO/c1-3-12-34(13-4-1)35-24-28-41(29-25-35)51(46-20-9-7-18-43(46)36-14-5-2-6-15-36)42-17-11-16-38(33-42)39-26-30-44-40(32-39)23-22-37-27-31-48-50(49(37)44)45-19-8-10-21-47(45)52-48;1-3-10-30(11-4-1)31-20-24-37(25-21-31)45(36-13-5-2-6-14-36)38-15-9-12-33(29-38)34-22-26-39-35(28-34)19-18-32-23-27-42-44(43(32)39)40-16-7-8-17-41(40)46-42;1-3-9-30(10-4-1)31-17-23-37(24-18-31)45(36-11-5-2-6-12-36)38-25-19-32(20-26-38)34-21-27-39-35(29-34)16-15-33-22-28-42-44(43(33)39)40-13-7-8-14-41(40)46-42/h1-33H;2*1-29H. The summed E-state index contributed by atoms with van der Waals surface area (Å²) in [6.07, 6.45) is 0. The van der Waals surface area contributed by atoms with Gasteiger partial charge in [-0.05, 0) is 279 Å². The van der Waals surface area contributed by atoms with Gasteiger partial charge in [-0.15, -0.1) is 0 Å². The van der Waals surface area contributed by atoms with Crippen molar-refractivity contribution in [3.63, 3.8) is 0 Å². The molecule has 676 valence electrons. The number of furan rings is 3. The van der Waals surface area contributed by atoms with Crippen LogP contribution in [0.15, 0.2) is 565 Å². The number of anilines is 9. The predicted molar refractivity (Wildman–Crippen MR) is 608 cm³/mol. The van der Waals surface area contributed by atoms with Crippen molar-refractivity contribution in [2.24, 2.45) is 0 Å². The first-order chi connectivity index (χ1) is 71.4. The SMILES string of the molecule is c1ccc(-c2ccc(N(c3cccc(-c4ccc5c(ccc6ccc7oc8ccccc8c7c65)c4)c3)c3ccccc3-c3ccccc3)cc2)cc1.c1ccc(-c2ccc(N(c3ccccc3)c3ccc(-c4ccc5c(ccc6ccc7oc8ccccc8c7c65)c4)cc3)cc2)cc1.c1ccc(-c2ccc(N(c3ccccc3)c3cccc(-c4ccc5c(ccc6ccc7oc8ccccc8c7c65)c4)c3)cc2)cc1. The molecule has 3 aromatic heterocycles. The first-order valence-corrected chi connectivity index (χ1v) is 49.1. The zero-order chi connectivity index (χ0) is 95.3. The molecule has 25 aromatic carbocycles. The molecule has 6 nitrogen and oxygen atoms in total. The number of rotatable bonds is 16. The van der Waals surface area contributed by atoms with E-state index in [4.69, 9.17) is 13.3 Å². The summed E-state index contributed by atoms with van der Waals surface area (Å²) in [6.45, 7) is 0. The Morgan fingerprint density at radius 2 is 0.354 bits per heavy atom. The Balaban J connectivity index is 0.000000110. The Labute approximate surface area is 833 Å². The molecule has 0 fully saturated rings. The second-order valence-electron chi connectivity index (χ2n) is 36.9. The van der Waals surface area contributed by atoms with Crippen molar-refractivity contribution < 1.29 is 13.3 Å². The van der Waals surface area contributed by atoms with E-state index in [1.807, 2.05) is 30.3 Å². The second-order valence-corrected chi connectivity index (χ2v) is 36.9. The molecule has 0 aliphatic rings. The van der Waals surface area contributed by atoms with Crippen molar-refractivity contribution >= 4 is 182 Å². The topological polar surface area (TPSA) is 49.1 Å². The van der Waals surface area contributed by atoms with Crippen molar-refractivity contribution in [3.05, 3.63) is 552 Å². The maximum absolute atomic E-state index is 6.27. The van der Waals surface area contributed by atoms with Gasteiger partial charge in [-0.1, -0.05) is 394 Å². The van der Waals surface area contributed by atoms with Gasteiger partial charge >= 0.3 is 0 Å². The van der Waals surface area contributed by atoms with Gasteiger partial charge in [0, 0.05) is 99.5 Å². The highest BCUT2D eigenvalue weighted by Gasteiger charge is 2.24. The number of nitrogens with zero attached hydrogens (tertiary/aromatic N) is 3. The van der Waals surface area contributed by atoms with Crippen LogP contribution in [-0.2, 0) is 0 Å². The molecule has 0 saturated carbocycles. The van der Waals surface area contributed by atoms with E-state index < -0.39 is 0 Å². The van der Waals surface area contributed by atoms with Crippen LogP contribution in [0.25, 0.3) is 208 Å². The van der Waals surface area contributed by atoms with Crippen molar-refractivity contribution in [1.29, 1.82) is 0 Å². The summed E-state index contributed by atoms with van der Waals surface area (Å²) >= 11 is 0. The third-order valence-electron chi connectivity index (χ3n) is 28.3. The van der Waals surface area contributed by atoms with Gasteiger partial charge in [0.1, 0.15) is 33.5 Å². The van der Waals surface area contributed by atoms with Crippen LogP contribution in [0.4, 0.5) is 51.2 Å². The molecule has 0 atom stereocenters. The van der Waals surface area contributed by atoms with E-state index in [2.05, 4.69) is 536 Å². The van der Waals surface area contributed by atoms with Crippen LogP contribution in [0.1, 0.15) is 0 Å². The average Bonchev–Trinajstić information content (AvgIpc) is 1.53. The first kappa shape index (κ1) is 85.3. The molecule has 28 aromatic rings. The molecule has 3 heterocycles. The molecule has 0 N–H and O–H groups in total. The largest absolute Gasteiger partial charge is 0.456 e. The molecule has 0 aliphatic heterocycles. The zero-order valence-electron chi connectivity index (χ0n) is 78.6. The van der Waals surface area contributed by atoms with Crippen LogP contribution in [0, 0.1) is 0 Å². The normalized spacial score (nSPS) is 11.5. The number of benzene rings is 25. The van der Waals surface area contributed by atoms with Crippen LogP contribution in [0.5, 0.6) is 0 Å². The maximum atomic E-state index is 6.27. The molecule has 0 spiro atoms. The summed E-state index contributed by atoms with van der Waals surface area (Å²) in [5.41, 5.74) is 32.3. The lowest BCUT2D eigenvalue weighted by atomic mass is 9.94. The molecular formula is C138H91N3O3. The van der Waals surface area contributed by atoms with Crippen LogP contribution in [0.2, 0.25) is 0 Å². The molecule has 28 rings (SSSR count). The Hall–Kier alpha value is -19.1. The number of fused-ring (bicyclic) bond motifs is 21. The molecule has 144 heavy (non-hydrogen) atoms. The molecule has 6 heteroatoms. The Bertz CT molecular complexity index is 9670. The number of hydrogen-bond acceptors (Lipinski definition) is 6. The third kappa shape index (κ3) is 16.0. The Kier molecular flexibility index (Phi) is 21.9. The third-order valence-corrected chi connectivity index (χ3v) is 28.3. The minimum atomic E-state index is 0.920.